The van der Waals surface area contributed by atoms with Crippen molar-refractivity contribution in [2.75, 3.05) is 0 Å². The first kappa shape index (κ1) is 13.2. The molecule has 0 fully saturated rings. The van der Waals surface area contributed by atoms with E-state index < -0.39 is 0 Å². The zero-order valence-corrected chi connectivity index (χ0v) is 11.5. The van der Waals surface area contributed by atoms with Crippen LogP contribution < -0.4 is 5.73 Å². The van der Waals surface area contributed by atoms with E-state index in [2.05, 4.69) is 0 Å². The molecule has 20 heavy (non-hydrogen) atoms. The van der Waals surface area contributed by atoms with E-state index in [1.54, 1.807) is 12.1 Å². The van der Waals surface area contributed by atoms with Crippen molar-refractivity contribution in [3.63, 3.8) is 0 Å². The van der Waals surface area contributed by atoms with Crippen molar-refractivity contribution in [1.82, 2.24) is 0 Å². The number of thiophene rings is 1. The van der Waals surface area contributed by atoms with Crippen LogP contribution >= 0.6 is 11.3 Å². The normalized spacial score (nSPS) is 12.8. The Kier molecular flexibility index (Phi) is 3.51. The first-order valence-electron chi connectivity index (χ1n) is 6.31. The number of fused-ring (bicyclic) bond motifs is 1. The maximum Gasteiger partial charge on any atom is 0.124 e. The molecule has 1 atom stereocenters. The van der Waals surface area contributed by atoms with Gasteiger partial charge in [-0.3, -0.25) is 0 Å². The molecule has 0 amide bonds. The van der Waals surface area contributed by atoms with Crippen molar-refractivity contribution >= 4 is 21.4 Å². The third kappa shape index (κ3) is 2.71. The highest BCUT2D eigenvalue weighted by atomic mass is 32.1. The van der Waals surface area contributed by atoms with Gasteiger partial charge in [-0.05, 0) is 47.7 Å². The van der Waals surface area contributed by atoms with Crippen LogP contribution in [0.1, 0.15) is 16.5 Å². The molecule has 2 aromatic carbocycles. The minimum atomic E-state index is -0.256. The summed E-state index contributed by atoms with van der Waals surface area (Å²) < 4.78 is 27.2. The van der Waals surface area contributed by atoms with Crippen molar-refractivity contribution in [3.8, 4) is 0 Å². The van der Waals surface area contributed by atoms with Gasteiger partial charge in [-0.25, -0.2) is 8.78 Å². The number of nitrogens with two attached hydrogens (primary N) is 1. The lowest BCUT2D eigenvalue weighted by molar-refractivity contribution is 0.622. The predicted molar refractivity (Wildman–Crippen MR) is 78.8 cm³/mol. The minimum Gasteiger partial charge on any atom is -0.323 e. The third-order valence-corrected chi connectivity index (χ3v) is 4.44. The fourth-order valence-electron chi connectivity index (χ4n) is 2.23. The summed E-state index contributed by atoms with van der Waals surface area (Å²) in [6, 6.07) is 12.9. The van der Waals surface area contributed by atoms with Gasteiger partial charge in [-0.2, -0.15) is 0 Å². The van der Waals surface area contributed by atoms with Crippen LogP contribution in [0.4, 0.5) is 8.78 Å². The average Bonchev–Trinajstić information content (AvgIpc) is 2.81. The van der Waals surface area contributed by atoms with E-state index in [9.17, 15) is 8.78 Å². The Bertz CT molecular complexity index is 751. The standard InChI is InChI=1S/C16H13F2NS/c17-12-3-1-2-10(6-12)7-14(19)16-8-11-4-5-13(18)9-15(11)20-16/h1-6,8-9,14H,7,19H2. The zero-order chi connectivity index (χ0) is 14.1. The Labute approximate surface area is 119 Å². The molecule has 1 nitrogen and oxygen atoms in total. The van der Waals surface area contributed by atoms with Crippen molar-refractivity contribution < 1.29 is 8.78 Å². The molecule has 0 aliphatic carbocycles. The Morgan fingerprint density at radius 3 is 2.60 bits per heavy atom. The van der Waals surface area contributed by atoms with Gasteiger partial charge in [0, 0.05) is 15.6 Å². The van der Waals surface area contributed by atoms with Crippen LogP contribution in [0.25, 0.3) is 10.1 Å². The van der Waals surface area contributed by atoms with Crippen LogP contribution in [0.2, 0.25) is 0 Å². The fraction of sp³-hybridized carbons (Fsp3) is 0.125. The van der Waals surface area contributed by atoms with Gasteiger partial charge in [-0.15, -0.1) is 11.3 Å². The maximum absolute atomic E-state index is 13.2. The van der Waals surface area contributed by atoms with Crippen molar-refractivity contribution in [3.05, 3.63) is 70.6 Å². The molecule has 1 aromatic heterocycles. The van der Waals surface area contributed by atoms with Crippen LogP contribution in [0.3, 0.4) is 0 Å². The molecule has 3 rings (SSSR count). The second kappa shape index (κ2) is 5.31. The summed E-state index contributed by atoms with van der Waals surface area (Å²) in [6.07, 6.45) is 0.563. The lowest BCUT2D eigenvalue weighted by Gasteiger charge is -2.09. The molecule has 2 N–H and O–H groups in total. The molecule has 0 bridgehead atoms. The quantitative estimate of drug-likeness (QED) is 0.758. The van der Waals surface area contributed by atoms with E-state index >= 15 is 0 Å². The number of halogens is 2. The van der Waals surface area contributed by atoms with E-state index in [4.69, 9.17) is 5.73 Å². The fourth-order valence-corrected chi connectivity index (χ4v) is 3.32. The SMILES string of the molecule is NC(Cc1cccc(F)c1)c1cc2ccc(F)cc2s1. The molecule has 0 saturated heterocycles. The molecular formula is C16H13F2NS. The molecular weight excluding hydrogens is 276 g/mol. The molecule has 1 heterocycles. The topological polar surface area (TPSA) is 26.0 Å². The lowest BCUT2D eigenvalue weighted by atomic mass is 10.0. The predicted octanol–water partition coefficient (Wildman–Crippen LogP) is 4.42. The van der Waals surface area contributed by atoms with Gasteiger partial charge >= 0.3 is 0 Å². The Hall–Kier alpha value is -1.78. The van der Waals surface area contributed by atoms with Crippen LogP contribution in [-0.2, 0) is 6.42 Å². The summed E-state index contributed by atoms with van der Waals surface area (Å²) >= 11 is 1.48. The second-order valence-electron chi connectivity index (χ2n) is 4.77. The molecule has 0 spiro atoms. The molecule has 3 aromatic rings. The van der Waals surface area contributed by atoms with E-state index in [0.29, 0.717) is 6.42 Å². The van der Waals surface area contributed by atoms with Crippen LogP contribution in [0, 0.1) is 11.6 Å². The molecule has 1 unspecified atom stereocenters. The first-order valence-corrected chi connectivity index (χ1v) is 7.12. The maximum atomic E-state index is 13.2. The molecule has 0 aliphatic heterocycles. The molecule has 0 saturated carbocycles. The largest absolute Gasteiger partial charge is 0.323 e. The van der Waals surface area contributed by atoms with Gasteiger partial charge < -0.3 is 5.73 Å². The van der Waals surface area contributed by atoms with E-state index in [0.717, 1.165) is 20.5 Å². The van der Waals surface area contributed by atoms with Crippen molar-refractivity contribution in [2.24, 2.45) is 5.73 Å². The number of hydrogen-bond donors (Lipinski definition) is 1. The monoisotopic (exact) mass is 289 g/mol. The highest BCUT2D eigenvalue weighted by molar-refractivity contribution is 7.19. The van der Waals surface area contributed by atoms with Crippen molar-refractivity contribution in [2.45, 2.75) is 12.5 Å². The average molecular weight is 289 g/mol. The van der Waals surface area contributed by atoms with Crippen LogP contribution in [-0.4, -0.2) is 0 Å². The third-order valence-electron chi connectivity index (χ3n) is 3.21. The molecule has 0 radical (unpaired) electrons. The first-order chi connectivity index (χ1) is 9.61. The number of rotatable bonds is 3. The Balaban J connectivity index is 1.86. The van der Waals surface area contributed by atoms with Gasteiger partial charge in [0.15, 0.2) is 0 Å². The van der Waals surface area contributed by atoms with Crippen LogP contribution in [0.15, 0.2) is 48.5 Å². The highest BCUT2D eigenvalue weighted by Crippen LogP contribution is 2.31. The summed E-state index contributed by atoms with van der Waals surface area (Å²) in [7, 11) is 0. The Morgan fingerprint density at radius 2 is 1.80 bits per heavy atom. The number of benzene rings is 2. The summed E-state index contributed by atoms with van der Waals surface area (Å²) in [6.45, 7) is 0. The van der Waals surface area contributed by atoms with E-state index in [1.165, 1.54) is 35.6 Å². The van der Waals surface area contributed by atoms with Gasteiger partial charge in [-0.1, -0.05) is 18.2 Å². The summed E-state index contributed by atoms with van der Waals surface area (Å²) in [5.74, 6) is -0.502. The number of hydrogen-bond acceptors (Lipinski definition) is 2. The molecule has 102 valence electrons. The van der Waals surface area contributed by atoms with Gasteiger partial charge in [0.2, 0.25) is 0 Å². The van der Waals surface area contributed by atoms with Gasteiger partial charge in [0.05, 0.1) is 0 Å². The molecule has 4 heteroatoms. The van der Waals surface area contributed by atoms with Gasteiger partial charge in [0.1, 0.15) is 11.6 Å². The zero-order valence-electron chi connectivity index (χ0n) is 10.6. The Morgan fingerprint density at radius 1 is 1.00 bits per heavy atom. The summed E-state index contributed by atoms with van der Waals surface area (Å²) in [5, 5.41) is 0.987. The highest BCUT2D eigenvalue weighted by Gasteiger charge is 2.12. The summed E-state index contributed by atoms with van der Waals surface area (Å²) in [4.78, 5) is 0.981. The minimum absolute atomic E-state index is 0.211. The second-order valence-corrected chi connectivity index (χ2v) is 5.89. The van der Waals surface area contributed by atoms with Crippen molar-refractivity contribution in [1.29, 1.82) is 0 Å². The summed E-state index contributed by atoms with van der Waals surface area (Å²) in [5.41, 5.74) is 7.04. The van der Waals surface area contributed by atoms with E-state index in [1.807, 2.05) is 12.1 Å². The van der Waals surface area contributed by atoms with Gasteiger partial charge in [0.25, 0.3) is 0 Å². The van der Waals surface area contributed by atoms with E-state index in [-0.39, 0.29) is 17.7 Å². The van der Waals surface area contributed by atoms with Crippen LogP contribution in [0.5, 0.6) is 0 Å². The lowest BCUT2D eigenvalue weighted by Crippen LogP contribution is -2.11. The molecule has 0 aliphatic rings. The smallest absolute Gasteiger partial charge is 0.124 e.